The molecule has 0 bridgehead atoms. The van der Waals surface area contributed by atoms with Crippen LogP contribution in [0.4, 0.5) is 0 Å². The number of rotatable bonds is 2. The molecule has 1 unspecified atom stereocenters. The SMILES string of the molecule is O=C(CO)OC1CCCS(=O)(=O)C1. The maximum absolute atomic E-state index is 11.1. The molecule has 0 aromatic carbocycles. The van der Waals surface area contributed by atoms with E-state index in [9.17, 15) is 13.2 Å². The molecule has 1 aliphatic rings. The van der Waals surface area contributed by atoms with E-state index in [-0.39, 0.29) is 11.5 Å². The third kappa shape index (κ3) is 3.31. The number of hydrogen-bond acceptors (Lipinski definition) is 5. The molecule has 0 radical (unpaired) electrons. The second-order valence-corrected chi connectivity index (χ2v) is 5.26. The lowest BCUT2D eigenvalue weighted by molar-refractivity contribution is -0.151. The van der Waals surface area contributed by atoms with Crippen LogP contribution in [0.5, 0.6) is 0 Å². The fraction of sp³-hybridized carbons (Fsp3) is 0.857. The maximum atomic E-state index is 11.1. The molecule has 6 heteroatoms. The third-order valence-corrected chi connectivity index (χ3v) is 3.64. The molecule has 0 saturated carbocycles. The van der Waals surface area contributed by atoms with Crippen molar-refractivity contribution in [3.8, 4) is 0 Å². The number of aliphatic hydroxyl groups excluding tert-OH is 1. The largest absolute Gasteiger partial charge is 0.460 e. The molecule has 1 fully saturated rings. The van der Waals surface area contributed by atoms with E-state index in [1.54, 1.807) is 0 Å². The van der Waals surface area contributed by atoms with Crippen LogP contribution < -0.4 is 0 Å². The van der Waals surface area contributed by atoms with E-state index >= 15 is 0 Å². The van der Waals surface area contributed by atoms with Crippen molar-refractivity contribution in [1.29, 1.82) is 0 Å². The van der Waals surface area contributed by atoms with Gasteiger partial charge in [0.05, 0.1) is 11.5 Å². The summed E-state index contributed by atoms with van der Waals surface area (Å²) in [6.07, 6.45) is 0.509. The molecule has 1 saturated heterocycles. The monoisotopic (exact) mass is 208 g/mol. The van der Waals surface area contributed by atoms with Crippen molar-refractivity contribution in [1.82, 2.24) is 0 Å². The molecule has 76 valence electrons. The molecule has 0 aromatic heterocycles. The van der Waals surface area contributed by atoms with Gasteiger partial charge in [-0.1, -0.05) is 0 Å². The molecular formula is C7H12O5S. The summed E-state index contributed by atoms with van der Waals surface area (Å²) >= 11 is 0. The summed E-state index contributed by atoms with van der Waals surface area (Å²) in [6.45, 7) is -0.698. The van der Waals surface area contributed by atoms with E-state index in [0.717, 1.165) is 0 Å². The number of sulfone groups is 1. The predicted molar refractivity (Wildman–Crippen MR) is 44.9 cm³/mol. The van der Waals surface area contributed by atoms with Gasteiger partial charge in [-0.05, 0) is 12.8 Å². The van der Waals surface area contributed by atoms with Crippen LogP contribution in [0.2, 0.25) is 0 Å². The molecule has 1 atom stereocenters. The normalized spacial score (nSPS) is 26.7. The van der Waals surface area contributed by atoms with Gasteiger partial charge in [0.15, 0.2) is 9.84 Å². The van der Waals surface area contributed by atoms with Gasteiger partial charge < -0.3 is 9.84 Å². The minimum atomic E-state index is -3.04. The second-order valence-electron chi connectivity index (χ2n) is 3.03. The number of aliphatic hydroxyl groups is 1. The highest BCUT2D eigenvalue weighted by Crippen LogP contribution is 2.14. The Bertz CT molecular complexity index is 281. The molecule has 1 N–H and O–H groups in total. The summed E-state index contributed by atoms with van der Waals surface area (Å²) in [6, 6.07) is 0. The van der Waals surface area contributed by atoms with E-state index in [0.29, 0.717) is 12.8 Å². The quantitative estimate of drug-likeness (QED) is 0.595. The van der Waals surface area contributed by atoms with Crippen molar-refractivity contribution in [3.63, 3.8) is 0 Å². The highest BCUT2D eigenvalue weighted by atomic mass is 32.2. The van der Waals surface area contributed by atoms with Gasteiger partial charge >= 0.3 is 5.97 Å². The number of esters is 1. The van der Waals surface area contributed by atoms with Crippen molar-refractivity contribution in [2.24, 2.45) is 0 Å². The van der Waals surface area contributed by atoms with Crippen molar-refractivity contribution in [3.05, 3.63) is 0 Å². The Hall–Kier alpha value is -0.620. The molecular weight excluding hydrogens is 196 g/mol. The van der Waals surface area contributed by atoms with Gasteiger partial charge in [0.25, 0.3) is 0 Å². The lowest BCUT2D eigenvalue weighted by Crippen LogP contribution is -2.33. The number of carbonyl (C=O) groups excluding carboxylic acids is 1. The lowest BCUT2D eigenvalue weighted by atomic mass is 10.2. The van der Waals surface area contributed by atoms with Gasteiger partial charge in [0.2, 0.25) is 0 Å². The van der Waals surface area contributed by atoms with Crippen LogP contribution in [0.1, 0.15) is 12.8 Å². The average Bonchev–Trinajstić information content (AvgIpc) is 2.02. The average molecular weight is 208 g/mol. The summed E-state index contributed by atoms with van der Waals surface area (Å²) in [5.41, 5.74) is 0. The van der Waals surface area contributed by atoms with Gasteiger partial charge in [-0.15, -0.1) is 0 Å². The van der Waals surface area contributed by atoms with Crippen LogP contribution in [0, 0.1) is 0 Å². The minimum Gasteiger partial charge on any atom is -0.460 e. The molecule has 1 aliphatic heterocycles. The Morgan fingerprint density at radius 3 is 2.77 bits per heavy atom. The topological polar surface area (TPSA) is 80.7 Å². The van der Waals surface area contributed by atoms with Crippen LogP contribution in [-0.2, 0) is 19.4 Å². The maximum Gasteiger partial charge on any atom is 0.332 e. The standard InChI is InChI=1S/C7H12O5S/c8-4-7(9)12-6-2-1-3-13(10,11)5-6/h6,8H,1-5H2. The molecule has 5 nitrogen and oxygen atoms in total. The molecule has 0 spiro atoms. The van der Waals surface area contributed by atoms with Gasteiger partial charge in [-0.2, -0.15) is 0 Å². The van der Waals surface area contributed by atoms with Crippen molar-refractivity contribution in [2.75, 3.05) is 18.1 Å². The molecule has 0 aliphatic carbocycles. The van der Waals surface area contributed by atoms with Gasteiger partial charge in [-0.3, -0.25) is 0 Å². The lowest BCUT2D eigenvalue weighted by Gasteiger charge is -2.21. The Kier molecular flexibility index (Phi) is 3.27. The first-order chi connectivity index (χ1) is 6.03. The smallest absolute Gasteiger partial charge is 0.332 e. The van der Waals surface area contributed by atoms with Crippen molar-refractivity contribution < 1.29 is 23.1 Å². The molecule has 13 heavy (non-hydrogen) atoms. The van der Waals surface area contributed by atoms with Gasteiger partial charge in [0, 0.05) is 0 Å². The van der Waals surface area contributed by atoms with E-state index < -0.39 is 28.5 Å². The zero-order chi connectivity index (χ0) is 9.90. The van der Waals surface area contributed by atoms with E-state index in [4.69, 9.17) is 9.84 Å². The summed E-state index contributed by atoms with van der Waals surface area (Å²) < 4.78 is 26.9. The molecule has 0 aromatic rings. The Morgan fingerprint density at radius 2 is 2.23 bits per heavy atom. The number of carbonyl (C=O) groups is 1. The minimum absolute atomic E-state index is 0.112. The Labute approximate surface area is 76.6 Å². The van der Waals surface area contributed by atoms with E-state index in [1.165, 1.54) is 0 Å². The molecule has 1 heterocycles. The first-order valence-corrected chi connectivity index (χ1v) is 5.86. The van der Waals surface area contributed by atoms with Crippen molar-refractivity contribution >= 4 is 15.8 Å². The first-order valence-electron chi connectivity index (χ1n) is 4.04. The first kappa shape index (κ1) is 10.5. The van der Waals surface area contributed by atoms with Crippen LogP contribution in [0.25, 0.3) is 0 Å². The summed E-state index contributed by atoms with van der Waals surface area (Å²) in [5.74, 6) is -0.707. The zero-order valence-corrected chi connectivity index (χ0v) is 7.92. The van der Waals surface area contributed by atoms with Crippen molar-refractivity contribution in [2.45, 2.75) is 18.9 Å². The Morgan fingerprint density at radius 1 is 1.54 bits per heavy atom. The summed E-state index contributed by atoms with van der Waals surface area (Å²) in [5, 5.41) is 8.37. The second kappa shape index (κ2) is 4.06. The highest BCUT2D eigenvalue weighted by molar-refractivity contribution is 7.91. The van der Waals surface area contributed by atoms with Crippen LogP contribution in [-0.4, -0.2) is 43.7 Å². The number of ether oxygens (including phenoxy) is 1. The van der Waals surface area contributed by atoms with Crippen LogP contribution in [0.3, 0.4) is 0 Å². The van der Waals surface area contributed by atoms with E-state index in [1.807, 2.05) is 0 Å². The van der Waals surface area contributed by atoms with Gasteiger partial charge in [-0.25, -0.2) is 13.2 Å². The van der Waals surface area contributed by atoms with Crippen LogP contribution >= 0.6 is 0 Å². The summed E-state index contributed by atoms with van der Waals surface area (Å²) in [7, 11) is -3.04. The summed E-state index contributed by atoms with van der Waals surface area (Å²) in [4.78, 5) is 10.6. The predicted octanol–water partition coefficient (Wildman–Crippen LogP) is -0.901. The highest BCUT2D eigenvalue weighted by Gasteiger charge is 2.27. The fourth-order valence-electron chi connectivity index (χ4n) is 1.30. The molecule has 1 rings (SSSR count). The Balaban J connectivity index is 2.48. The molecule has 0 amide bonds. The van der Waals surface area contributed by atoms with Gasteiger partial charge in [0.1, 0.15) is 12.7 Å². The third-order valence-electron chi connectivity index (χ3n) is 1.85. The zero-order valence-electron chi connectivity index (χ0n) is 7.10. The van der Waals surface area contributed by atoms with E-state index in [2.05, 4.69) is 0 Å². The number of hydrogen-bond donors (Lipinski definition) is 1. The fourth-order valence-corrected chi connectivity index (χ4v) is 2.87. The van der Waals surface area contributed by atoms with Crippen LogP contribution in [0.15, 0.2) is 0 Å².